The largest absolute Gasteiger partial charge is 0.274 e. The van der Waals surface area contributed by atoms with Gasteiger partial charge in [-0.15, -0.1) is 0 Å². The van der Waals surface area contributed by atoms with Gasteiger partial charge in [-0.05, 0) is 37.5 Å². The van der Waals surface area contributed by atoms with Crippen LogP contribution in [0.2, 0.25) is 0 Å². The van der Waals surface area contributed by atoms with Gasteiger partial charge in [0.2, 0.25) is 17.7 Å². The van der Waals surface area contributed by atoms with Crippen LogP contribution in [0.15, 0.2) is 29.4 Å². The molecule has 1 aliphatic heterocycles. The van der Waals surface area contributed by atoms with Crippen molar-refractivity contribution in [2.75, 3.05) is 4.90 Å². The lowest BCUT2D eigenvalue weighted by Crippen LogP contribution is -2.30. The second-order valence-electron chi connectivity index (χ2n) is 7.38. The molecule has 0 radical (unpaired) electrons. The second kappa shape index (κ2) is 7.40. The van der Waals surface area contributed by atoms with Crippen molar-refractivity contribution in [3.8, 4) is 0 Å². The maximum Gasteiger partial charge on any atom is 0.242 e. The fourth-order valence-corrected chi connectivity index (χ4v) is 3.60. The first kappa shape index (κ1) is 18.3. The zero-order valence-corrected chi connectivity index (χ0v) is 15.5. The van der Waals surface area contributed by atoms with Gasteiger partial charge in [0.1, 0.15) is 0 Å². The van der Waals surface area contributed by atoms with Crippen molar-refractivity contribution < 1.29 is 14.4 Å². The molecule has 6 nitrogen and oxygen atoms in total. The molecule has 1 saturated heterocycles. The van der Waals surface area contributed by atoms with Gasteiger partial charge in [0, 0.05) is 5.92 Å². The zero-order chi connectivity index (χ0) is 18.8. The van der Waals surface area contributed by atoms with Gasteiger partial charge in [0.05, 0.1) is 23.2 Å². The van der Waals surface area contributed by atoms with Gasteiger partial charge in [-0.1, -0.05) is 38.8 Å². The number of imide groups is 1. The molecular formula is C20H25N3O3. The Morgan fingerprint density at radius 3 is 2.12 bits per heavy atom. The summed E-state index contributed by atoms with van der Waals surface area (Å²) in [6.07, 6.45) is 3.66. The van der Waals surface area contributed by atoms with Crippen molar-refractivity contribution in [3.05, 3.63) is 29.8 Å². The quantitative estimate of drug-likeness (QED) is 0.512. The van der Waals surface area contributed by atoms with Crippen LogP contribution in [0.5, 0.6) is 0 Å². The average molecular weight is 355 g/mol. The van der Waals surface area contributed by atoms with E-state index >= 15 is 0 Å². The molecule has 0 aromatic heterocycles. The molecule has 1 saturated carbocycles. The highest BCUT2D eigenvalue weighted by Crippen LogP contribution is 2.40. The van der Waals surface area contributed by atoms with Crippen molar-refractivity contribution in [1.82, 2.24) is 5.43 Å². The first-order valence-electron chi connectivity index (χ1n) is 9.22. The summed E-state index contributed by atoms with van der Waals surface area (Å²) in [5.74, 6) is -0.707. The summed E-state index contributed by atoms with van der Waals surface area (Å²) in [5, 5.41) is 4.10. The minimum absolute atomic E-state index is 0.0676. The van der Waals surface area contributed by atoms with E-state index in [-0.39, 0.29) is 35.5 Å². The molecule has 1 aromatic carbocycles. The fourth-order valence-electron chi connectivity index (χ4n) is 3.60. The van der Waals surface area contributed by atoms with Crippen LogP contribution in [0.25, 0.3) is 0 Å². The van der Waals surface area contributed by atoms with Gasteiger partial charge in [0.15, 0.2) is 0 Å². The van der Waals surface area contributed by atoms with E-state index in [0.717, 1.165) is 31.2 Å². The number of benzene rings is 1. The molecule has 1 aliphatic carbocycles. The van der Waals surface area contributed by atoms with Crippen LogP contribution in [0.3, 0.4) is 0 Å². The van der Waals surface area contributed by atoms with E-state index in [1.807, 2.05) is 12.1 Å². The third kappa shape index (κ3) is 3.41. The standard InChI is InChI=1S/C20H25N3O3/c1-12(2)18(24)22-21-13(3)14-8-10-15(11-9-14)23-19(25)16-6-4-5-7-17(16)20(23)26/h8-12,16-17H,4-7H2,1-3H3,(H,22,24)/b21-13-/t16-,17-/m1/s1. The Morgan fingerprint density at radius 2 is 1.62 bits per heavy atom. The van der Waals surface area contributed by atoms with Gasteiger partial charge in [0.25, 0.3) is 0 Å². The SMILES string of the molecule is C/C(=N/NC(=O)C(C)C)c1ccc(N2C(=O)[C@@H]3CCCC[C@H]3C2=O)cc1. The molecule has 2 fully saturated rings. The third-order valence-electron chi connectivity index (χ3n) is 5.24. The predicted molar refractivity (Wildman–Crippen MR) is 99.6 cm³/mol. The number of amides is 3. The van der Waals surface area contributed by atoms with Gasteiger partial charge < -0.3 is 0 Å². The maximum atomic E-state index is 12.6. The van der Waals surface area contributed by atoms with Crippen LogP contribution in [-0.2, 0) is 14.4 Å². The normalized spacial score (nSPS) is 23.4. The molecule has 3 amide bonds. The number of carbonyl (C=O) groups is 3. The van der Waals surface area contributed by atoms with Gasteiger partial charge in [-0.25, -0.2) is 5.43 Å². The molecule has 6 heteroatoms. The topological polar surface area (TPSA) is 78.8 Å². The van der Waals surface area contributed by atoms with Crippen molar-refractivity contribution in [3.63, 3.8) is 0 Å². The van der Waals surface area contributed by atoms with Gasteiger partial charge in [-0.2, -0.15) is 5.10 Å². The lowest BCUT2D eigenvalue weighted by atomic mass is 9.81. The van der Waals surface area contributed by atoms with Crippen molar-refractivity contribution in [2.24, 2.45) is 22.9 Å². The second-order valence-corrected chi connectivity index (χ2v) is 7.38. The molecule has 2 aliphatic rings. The molecule has 138 valence electrons. The minimum Gasteiger partial charge on any atom is -0.274 e. The van der Waals surface area contributed by atoms with E-state index in [2.05, 4.69) is 10.5 Å². The summed E-state index contributed by atoms with van der Waals surface area (Å²) >= 11 is 0. The summed E-state index contributed by atoms with van der Waals surface area (Å²) < 4.78 is 0. The summed E-state index contributed by atoms with van der Waals surface area (Å²) in [5.41, 5.74) is 4.63. The van der Waals surface area contributed by atoms with Crippen LogP contribution in [0.1, 0.15) is 52.0 Å². The number of anilines is 1. The predicted octanol–water partition coefficient (Wildman–Crippen LogP) is 2.86. The first-order valence-corrected chi connectivity index (χ1v) is 9.22. The molecule has 2 atom stereocenters. The molecule has 1 N–H and O–H groups in total. The highest BCUT2D eigenvalue weighted by Gasteiger charge is 2.48. The Balaban J connectivity index is 1.75. The molecule has 26 heavy (non-hydrogen) atoms. The number of nitrogens with one attached hydrogen (secondary N) is 1. The highest BCUT2D eigenvalue weighted by molar-refractivity contribution is 6.22. The Kier molecular flexibility index (Phi) is 5.20. The van der Waals surface area contributed by atoms with E-state index < -0.39 is 0 Å². The summed E-state index contributed by atoms with van der Waals surface area (Å²) in [6, 6.07) is 7.17. The Morgan fingerprint density at radius 1 is 1.08 bits per heavy atom. The fraction of sp³-hybridized carbons (Fsp3) is 0.500. The van der Waals surface area contributed by atoms with E-state index in [1.165, 1.54) is 4.90 Å². The number of hydrogen-bond acceptors (Lipinski definition) is 4. The lowest BCUT2D eigenvalue weighted by Gasteiger charge is -2.19. The number of nitrogens with zero attached hydrogens (tertiary/aromatic N) is 2. The average Bonchev–Trinajstić information content (AvgIpc) is 2.90. The molecular weight excluding hydrogens is 330 g/mol. The number of fused-ring (bicyclic) bond motifs is 1. The molecule has 0 unspecified atom stereocenters. The first-order chi connectivity index (χ1) is 12.4. The van der Waals surface area contributed by atoms with Crippen molar-refractivity contribution >= 4 is 29.1 Å². The Hall–Kier alpha value is -2.50. The Labute approximate surface area is 153 Å². The van der Waals surface area contributed by atoms with Crippen molar-refractivity contribution in [1.29, 1.82) is 0 Å². The minimum atomic E-state index is -0.148. The summed E-state index contributed by atoms with van der Waals surface area (Å²) in [6.45, 7) is 5.41. The van der Waals surface area contributed by atoms with Crippen LogP contribution < -0.4 is 10.3 Å². The molecule has 3 rings (SSSR count). The van der Waals surface area contributed by atoms with Crippen LogP contribution in [-0.4, -0.2) is 23.4 Å². The van der Waals surface area contributed by atoms with Crippen molar-refractivity contribution in [2.45, 2.75) is 46.5 Å². The molecule has 0 spiro atoms. The van der Waals surface area contributed by atoms with E-state index in [0.29, 0.717) is 11.4 Å². The number of carbonyl (C=O) groups excluding carboxylic acids is 3. The van der Waals surface area contributed by atoms with Crippen LogP contribution >= 0.6 is 0 Å². The lowest BCUT2D eigenvalue weighted by molar-refractivity contribution is -0.124. The summed E-state index contributed by atoms with van der Waals surface area (Å²) in [4.78, 5) is 38.2. The Bertz CT molecular complexity index is 728. The van der Waals surface area contributed by atoms with E-state index in [9.17, 15) is 14.4 Å². The maximum absolute atomic E-state index is 12.6. The van der Waals surface area contributed by atoms with E-state index in [1.54, 1.807) is 32.9 Å². The van der Waals surface area contributed by atoms with Crippen LogP contribution in [0.4, 0.5) is 5.69 Å². The smallest absolute Gasteiger partial charge is 0.242 e. The van der Waals surface area contributed by atoms with Gasteiger partial charge in [-0.3, -0.25) is 19.3 Å². The third-order valence-corrected chi connectivity index (χ3v) is 5.24. The van der Waals surface area contributed by atoms with Crippen LogP contribution in [0, 0.1) is 17.8 Å². The number of hydrogen-bond donors (Lipinski definition) is 1. The number of rotatable bonds is 4. The molecule has 1 heterocycles. The molecule has 0 bridgehead atoms. The zero-order valence-electron chi connectivity index (χ0n) is 15.5. The summed E-state index contributed by atoms with van der Waals surface area (Å²) in [7, 11) is 0. The monoisotopic (exact) mass is 355 g/mol. The highest BCUT2D eigenvalue weighted by atomic mass is 16.2. The molecule has 1 aromatic rings. The van der Waals surface area contributed by atoms with E-state index in [4.69, 9.17) is 0 Å². The van der Waals surface area contributed by atoms with Gasteiger partial charge >= 0.3 is 0 Å². The number of hydrazone groups is 1.